The van der Waals surface area contributed by atoms with Crippen LogP contribution in [0.4, 0.5) is 0 Å². The van der Waals surface area contributed by atoms with Crippen molar-refractivity contribution in [1.82, 2.24) is 5.32 Å². The lowest BCUT2D eigenvalue weighted by Crippen LogP contribution is -2.47. The van der Waals surface area contributed by atoms with E-state index in [-0.39, 0.29) is 0 Å². The summed E-state index contributed by atoms with van der Waals surface area (Å²) in [4.78, 5) is 5.13. The van der Waals surface area contributed by atoms with Crippen LogP contribution >= 0.6 is 11.8 Å². The van der Waals surface area contributed by atoms with Crippen LogP contribution < -0.4 is 5.32 Å². The molecule has 114 valence electrons. The molecule has 3 aliphatic rings. The first kappa shape index (κ1) is 14.7. The average molecular weight is 295 g/mol. The highest BCUT2D eigenvalue weighted by molar-refractivity contribution is 8.14. The van der Waals surface area contributed by atoms with Crippen molar-refractivity contribution < 1.29 is 0 Å². The Balaban J connectivity index is 1.65. The standard InChI is InChI=1S/C17H30N2S/c1-3-14-8-4-5-9-15(14)18-16-19-17(12-20-16)10-6-7-13(2)11-17/h13-15H,3-12H2,1-2H3,(H,18,19). The second-order valence-corrected chi connectivity index (χ2v) is 8.31. The van der Waals surface area contributed by atoms with Gasteiger partial charge in [-0.1, -0.05) is 57.7 Å². The maximum absolute atomic E-state index is 5.13. The van der Waals surface area contributed by atoms with Crippen LogP contribution in [0.1, 0.15) is 71.6 Å². The Bertz CT molecular complexity index is 368. The number of hydrogen-bond donors (Lipinski definition) is 1. The molecule has 0 bridgehead atoms. The lowest BCUT2D eigenvalue weighted by Gasteiger charge is -2.36. The van der Waals surface area contributed by atoms with Crippen LogP contribution in [0.25, 0.3) is 0 Å². The van der Waals surface area contributed by atoms with Crippen LogP contribution in [-0.2, 0) is 0 Å². The number of nitrogens with one attached hydrogen (secondary N) is 1. The van der Waals surface area contributed by atoms with E-state index in [2.05, 4.69) is 19.2 Å². The Hall–Kier alpha value is -0.180. The molecule has 3 fully saturated rings. The number of aliphatic imine (C=N–C) groups is 1. The summed E-state index contributed by atoms with van der Waals surface area (Å²) in [5.41, 5.74) is 0.386. The molecular formula is C17H30N2S. The summed E-state index contributed by atoms with van der Waals surface area (Å²) in [6.07, 6.45) is 12.3. The Kier molecular flexibility index (Phi) is 4.64. The minimum atomic E-state index is 0.386. The van der Waals surface area contributed by atoms with E-state index >= 15 is 0 Å². The average Bonchev–Trinajstić information content (AvgIpc) is 2.81. The molecule has 3 rings (SSSR count). The van der Waals surface area contributed by atoms with Crippen molar-refractivity contribution >= 4 is 16.9 Å². The molecule has 0 radical (unpaired) electrons. The largest absolute Gasteiger partial charge is 0.359 e. The van der Waals surface area contributed by atoms with E-state index in [9.17, 15) is 0 Å². The van der Waals surface area contributed by atoms with Gasteiger partial charge in [-0.05, 0) is 37.5 Å². The van der Waals surface area contributed by atoms with Gasteiger partial charge in [0.1, 0.15) is 0 Å². The molecule has 2 saturated carbocycles. The fourth-order valence-corrected chi connectivity index (χ4v) is 5.71. The smallest absolute Gasteiger partial charge is 0.157 e. The molecular weight excluding hydrogens is 264 g/mol. The number of nitrogens with zero attached hydrogens (tertiary/aromatic N) is 1. The maximum atomic E-state index is 5.13. The van der Waals surface area contributed by atoms with E-state index in [1.54, 1.807) is 0 Å². The molecule has 4 atom stereocenters. The topological polar surface area (TPSA) is 24.4 Å². The lowest BCUT2D eigenvalue weighted by atomic mass is 9.78. The fourth-order valence-electron chi connectivity index (χ4n) is 4.46. The molecule has 2 aliphatic carbocycles. The van der Waals surface area contributed by atoms with Crippen molar-refractivity contribution in [2.45, 2.75) is 83.2 Å². The minimum absolute atomic E-state index is 0.386. The van der Waals surface area contributed by atoms with E-state index in [0.29, 0.717) is 11.6 Å². The first-order valence-electron chi connectivity index (χ1n) is 8.69. The van der Waals surface area contributed by atoms with Crippen LogP contribution in [0.2, 0.25) is 0 Å². The van der Waals surface area contributed by atoms with Crippen LogP contribution in [0, 0.1) is 11.8 Å². The molecule has 1 heterocycles. The van der Waals surface area contributed by atoms with Gasteiger partial charge in [0.2, 0.25) is 0 Å². The molecule has 0 aromatic heterocycles. The number of amidine groups is 1. The van der Waals surface area contributed by atoms with Gasteiger partial charge in [0, 0.05) is 11.3 Å². The third kappa shape index (κ3) is 3.18. The van der Waals surface area contributed by atoms with Crippen LogP contribution in [0.15, 0.2) is 4.99 Å². The van der Waals surface area contributed by atoms with E-state index in [4.69, 9.17) is 4.99 Å². The molecule has 0 aromatic carbocycles. The number of rotatable bonds is 2. The van der Waals surface area contributed by atoms with Crippen LogP contribution in [0.5, 0.6) is 0 Å². The van der Waals surface area contributed by atoms with E-state index in [1.165, 1.54) is 68.7 Å². The van der Waals surface area contributed by atoms with Gasteiger partial charge < -0.3 is 5.32 Å². The van der Waals surface area contributed by atoms with E-state index < -0.39 is 0 Å². The molecule has 1 saturated heterocycles. The van der Waals surface area contributed by atoms with Crippen molar-refractivity contribution in [3.05, 3.63) is 0 Å². The van der Waals surface area contributed by atoms with Gasteiger partial charge in [-0.3, -0.25) is 4.99 Å². The van der Waals surface area contributed by atoms with Crippen LogP contribution in [0.3, 0.4) is 0 Å². The summed E-state index contributed by atoms with van der Waals surface area (Å²) in [5, 5.41) is 5.11. The monoisotopic (exact) mass is 294 g/mol. The fraction of sp³-hybridized carbons (Fsp3) is 0.941. The second-order valence-electron chi connectivity index (χ2n) is 7.35. The van der Waals surface area contributed by atoms with Crippen molar-refractivity contribution in [3.8, 4) is 0 Å². The highest BCUT2D eigenvalue weighted by atomic mass is 32.2. The summed E-state index contributed by atoms with van der Waals surface area (Å²) >= 11 is 1.99. The van der Waals surface area contributed by atoms with E-state index in [1.807, 2.05) is 11.8 Å². The normalized spacial score (nSPS) is 43.9. The molecule has 20 heavy (non-hydrogen) atoms. The SMILES string of the molecule is CCC1CCCCC1N=C1NC2(CCCC(C)C2)CS1. The predicted octanol–water partition coefficient (Wildman–Crippen LogP) is 4.60. The van der Waals surface area contributed by atoms with Gasteiger partial charge in [-0.25, -0.2) is 0 Å². The Morgan fingerprint density at radius 3 is 2.90 bits per heavy atom. The molecule has 1 N–H and O–H groups in total. The summed E-state index contributed by atoms with van der Waals surface area (Å²) in [5.74, 6) is 2.97. The summed E-state index contributed by atoms with van der Waals surface area (Å²) < 4.78 is 0. The third-order valence-electron chi connectivity index (χ3n) is 5.63. The zero-order valence-electron chi connectivity index (χ0n) is 13.2. The van der Waals surface area contributed by atoms with Gasteiger partial charge in [0.25, 0.3) is 0 Å². The molecule has 0 aromatic rings. The molecule has 3 heteroatoms. The Labute approximate surface area is 128 Å². The molecule has 4 unspecified atom stereocenters. The summed E-state index contributed by atoms with van der Waals surface area (Å²) in [7, 11) is 0. The zero-order chi connectivity index (χ0) is 14.0. The first-order chi connectivity index (χ1) is 9.71. The Morgan fingerprint density at radius 1 is 1.25 bits per heavy atom. The number of hydrogen-bond acceptors (Lipinski definition) is 2. The predicted molar refractivity (Wildman–Crippen MR) is 89.4 cm³/mol. The van der Waals surface area contributed by atoms with Gasteiger partial charge >= 0.3 is 0 Å². The molecule has 1 spiro atoms. The lowest BCUT2D eigenvalue weighted by molar-refractivity contribution is 0.241. The first-order valence-corrected chi connectivity index (χ1v) is 9.68. The quantitative estimate of drug-likeness (QED) is 0.805. The minimum Gasteiger partial charge on any atom is -0.359 e. The summed E-state index contributed by atoms with van der Waals surface area (Å²) in [6.45, 7) is 4.75. The summed E-state index contributed by atoms with van der Waals surface area (Å²) in [6, 6.07) is 0.597. The molecule has 2 nitrogen and oxygen atoms in total. The maximum Gasteiger partial charge on any atom is 0.157 e. The van der Waals surface area contributed by atoms with Crippen molar-refractivity contribution in [1.29, 1.82) is 0 Å². The molecule has 1 aliphatic heterocycles. The molecule has 0 amide bonds. The third-order valence-corrected chi connectivity index (χ3v) is 6.80. The zero-order valence-corrected chi connectivity index (χ0v) is 14.0. The highest BCUT2D eigenvalue weighted by Crippen LogP contribution is 2.39. The highest BCUT2D eigenvalue weighted by Gasteiger charge is 2.40. The van der Waals surface area contributed by atoms with Gasteiger partial charge in [-0.2, -0.15) is 0 Å². The second kappa shape index (κ2) is 6.29. The van der Waals surface area contributed by atoms with Gasteiger partial charge in [0.05, 0.1) is 6.04 Å². The van der Waals surface area contributed by atoms with Crippen molar-refractivity contribution in [2.75, 3.05) is 5.75 Å². The van der Waals surface area contributed by atoms with Gasteiger partial charge in [0.15, 0.2) is 5.17 Å². The van der Waals surface area contributed by atoms with E-state index in [0.717, 1.165) is 11.8 Å². The number of thioether (sulfide) groups is 1. The van der Waals surface area contributed by atoms with Crippen LogP contribution in [-0.4, -0.2) is 22.5 Å². The van der Waals surface area contributed by atoms with Gasteiger partial charge in [-0.15, -0.1) is 0 Å². The van der Waals surface area contributed by atoms with Crippen molar-refractivity contribution in [3.63, 3.8) is 0 Å². The van der Waals surface area contributed by atoms with Crippen molar-refractivity contribution in [2.24, 2.45) is 16.8 Å². The Morgan fingerprint density at radius 2 is 2.10 bits per heavy atom.